The molecule has 1 aliphatic rings. The highest BCUT2D eigenvalue weighted by Gasteiger charge is 2.31. The van der Waals surface area contributed by atoms with Crippen molar-refractivity contribution in [1.29, 1.82) is 0 Å². The van der Waals surface area contributed by atoms with Crippen molar-refractivity contribution >= 4 is 36.2 Å². The molecule has 3 nitrogen and oxygen atoms in total. The van der Waals surface area contributed by atoms with E-state index in [2.05, 4.69) is 48.1 Å². The lowest BCUT2D eigenvalue weighted by molar-refractivity contribution is -0.137. The molecule has 1 aromatic carbocycles. The van der Waals surface area contributed by atoms with E-state index in [1.807, 2.05) is 0 Å². The van der Waals surface area contributed by atoms with Gasteiger partial charge in [-0.3, -0.25) is 4.79 Å². The highest BCUT2D eigenvalue weighted by Crippen LogP contribution is 2.42. The highest BCUT2D eigenvalue weighted by molar-refractivity contribution is 14.2. The molecular formula is C17H24INO2. The Morgan fingerprint density at radius 2 is 1.95 bits per heavy atom. The number of hydrogen-bond acceptors (Lipinski definition) is 2. The minimum absolute atomic E-state index is 0.0941. The number of anilines is 1. The maximum Gasteiger partial charge on any atom is 0.303 e. The van der Waals surface area contributed by atoms with E-state index in [1.165, 1.54) is 11.3 Å². The number of halogens is 1. The van der Waals surface area contributed by atoms with Gasteiger partial charge in [-0.2, -0.15) is 0 Å². The summed E-state index contributed by atoms with van der Waals surface area (Å²) in [5, 5.41) is 8.68. The van der Waals surface area contributed by atoms with E-state index >= 15 is 0 Å². The van der Waals surface area contributed by atoms with Crippen LogP contribution < -0.4 is 3.11 Å². The van der Waals surface area contributed by atoms with Gasteiger partial charge in [0.1, 0.15) is 0 Å². The number of rotatable bonds is 6. The molecule has 0 bridgehead atoms. The third-order valence-corrected chi connectivity index (χ3v) is 7.83. The Labute approximate surface area is 137 Å². The van der Waals surface area contributed by atoms with Crippen molar-refractivity contribution in [3.05, 3.63) is 29.8 Å². The van der Waals surface area contributed by atoms with Gasteiger partial charge >= 0.3 is 5.97 Å². The van der Waals surface area contributed by atoms with Crippen LogP contribution in [0.1, 0.15) is 52.0 Å². The lowest BCUT2D eigenvalue weighted by Crippen LogP contribution is -2.33. The van der Waals surface area contributed by atoms with Crippen LogP contribution in [0.15, 0.2) is 24.3 Å². The maximum atomic E-state index is 10.5. The standard InChI is InChI=1S/C17H24INO2/c1-13-17(2,3)14-9-6-7-10-15(14)19(18-13)12-8-4-5-11-16(20)21/h6-7,9-10H,4-5,8,11-12H2,1-3H3,(H,20,21). The summed E-state index contributed by atoms with van der Waals surface area (Å²) in [5.74, 6) is -0.684. The van der Waals surface area contributed by atoms with E-state index in [1.54, 1.807) is 3.51 Å². The molecule has 1 aliphatic heterocycles. The van der Waals surface area contributed by atoms with Gasteiger partial charge in [0.05, 0.1) is 0 Å². The Morgan fingerprint density at radius 3 is 2.67 bits per heavy atom. The second-order valence-electron chi connectivity index (χ2n) is 6.05. The Kier molecular flexibility index (Phi) is 5.41. The first-order valence-electron chi connectivity index (χ1n) is 7.51. The Bertz CT molecular complexity index is 551. The zero-order chi connectivity index (χ0) is 15.5. The summed E-state index contributed by atoms with van der Waals surface area (Å²) in [6.07, 6.45) is 3.16. The van der Waals surface area contributed by atoms with Crippen LogP contribution in [-0.4, -0.2) is 21.1 Å². The second kappa shape index (κ2) is 6.90. The molecule has 0 saturated carbocycles. The minimum atomic E-state index is -0.684. The SMILES string of the molecule is CC1=IN(CCCCCC(=O)O)c2ccccc2C1(C)C. The molecule has 1 heterocycles. The molecule has 0 saturated heterocycles. The topological polar surface area (TPSA) is 40.5 Å². The number of aliphatic carboxylic acids is 1. The number of nitrogens with zero attached hydrogens (tertiary/aromatic N) is 1. The first kappa shape index (κ1) is 16.5. The van der Waals surface area contributed by atoms with E-state index in [-0.39, 0.29) is 26.4 Å². The van der Waals surface area contributed by atoms with Gasteiger partial charge in [-0.25, -0.2) is 0 Å². The van der Waals surface area contributed by atoms with Crippen LogP contribution in [0.2, 0.25) is 0 Å². The monoisotopic (exact) mass is 401 g/mol. The molecule has 2 rings (SSSR count). The summed E-state index contributed by atoms with van der Waals surface area (Å²) in [6.45, 7) is 7.99. The predicted molar refractivity (Wildman–Crippen MR) is 97.6 cm³/mol. The van der Waals surface area contributed by atoms with Gasteiger partial charge in [0.2, 0.25) is 0 Å². The van der Waals surface area contributed by atoms with Crippen LogP contribution in [0.5, 0.6) is 0 Å². The lowest BCUT2D eigenvalue weighted by Gasteiger charge is -2.37. The average Bonchev–Trinajstić information content (AvgIpc) is 2.44. The van der Waals surface area contributed by atoms with Gasteiger partial charge in [0, 0.05) is 24.1 Å². The number of hydrogen-bond donors (Lipinski definition) is 1. The molecule has 21 heavy (non-hydrogen) atoms. The Morgan fingerprint density at radius 1 is 1.24 bits per heavy atom. The summed E-state index contributed by atoms with van der Waals surface area (Å²) in [6, 6.07) is 8.74. The van der Waals surface area contributed by atoms with Gasteiger partial charge in [0.15, 0.2) is 0 Å². The van der Waals surface area contributed by atoms with Crippen LogP contribution in [0.3, 0.4) is 0 Å². The zero-order valence-corrected chi connectivity index (χ0v) is 15.2. The number of para-hydroxylation sites is 1. The predicted octanol–water partition coefficient (Wildman–Crippen LogP) is 4.51. The van der Waals surface area contributed by atoms with E-state index < -0.39 is 5.97 Å². The number of fused-ring (bicyclic) bond motifs is 1. The minimum Gasteiger partial charge on any atom is -0.481 e. The third-order valence-electron chi connectivity index (χ3n) is 4.17. The summed E-state index contributed by atoms with van der Waals surface area (Å²) < 4.78 is 4.15. The summed E-state index contributed by atoms with van der Waals surface area (Å²) >= 11 is -0.0941. The third kappa shape index (κ3) is 3.84. The fraction of sp³-hybridized carbons (Fsp3) is 0.529. The van der Waals surface area contributed by atoms with Gasteiger partial charge in [-0.05, 0) is 55.9 Å². The van der Waals surface area contributed by atoms with E-state index in [0.717, 1.165) is 25.8 Å². The van der Waals surface area contributed by atoms with Gasteiger partial charge in [-0.15, -0.1) is 0 Å². The molecule has 116 valence electrons. The molecule has 0 aromatic heterocycles. The fourth-order valence-corrected chi connectivity index (χ4v) is 5.60. The van der Waals surface area contributed by atoms with Gasteiger partial charge in [-0.1, -0.05) is 38.5 Å². The Balaban J connectivity index is 2.04. The number of carboxylic acid groups (broad SMARTS) is 1. The smallest absolute Gasteiger partial charge is 0.303 e. The maximum absolute atomic E-state index is 10.5. The quantitative estimate of drug-likeness (QED) is 0.433. The van der Waals surface area contributed by atoms with Crippen molar-refractivity contribution in [2.75, 3.05) is 9.66 Å². The molecule has 0 amide bonds. The second-order valence-corrected chi connectivity index (χ2v) is 9.32. The molecule has 0 atom stereocenters. The van der Waals surface area contributed by atoms with Crippen LogP contribution in [0.4, 0.5) is 5.69 Å². The summed E-state index contributed by atoms with van der Waals surface area (Å²) in [4.78, 5) is 10.5. The number of unbranched alkanes of at least 4 members (excludes halogenated alkanes) is 2. The Hall–Kier alpha value is -0.910. The van der Waals surface area contributed by atoms with Crippen molar-refractivity contribution in [2.24, 2.45) is 0 Å². The van der Waals surface area contributed by atoms with Crippen LogP contribution in [0, 0.1) is 0 Å². The molecule has 4 heteroatoms. The normalized spacial score (nSPS) is 16.7. The van der Waals surface area contributed by atoms with Crippen molar-refractivity contribution in [2.45, 2.75) is 51.9 Å². The van der Waals surface area contributed by atoms with E-state index in [0.29, 0.717) is 6.42 Å². The molecule has 0 spiro atoms. The van der Waals surface area contributed by atoms with E-state index in [9.17, 15) is 4.79 Å². The van der Waals surface area contributed by atoms with E-state index in [4.69, 9.17) is 5.11 Å². The van der Waals surface area contributed by atoms with Crippen molar-refractivity contribution in [3.63, 3.8) is 0 Å². The average molecular weight is 401 g/mol. The zero-order valence-electron chi connectivity index (χ0n) is 13.0. The number of carbonyl (C=O) groups is 1. The van der Waals surface area contributed by atoms with Crippen LogP contribution in [-0.2, 0) is 10.2 Å². The molecule has 1 N–H and O–H groups in total. The number of benzene rings is 1. The first-order valence-corrected chi connectivity index (χ1v) is 9.55. The highest BCUT2D eigenvalue weighted by atomic mass is 127. The van der Waals surface area contributed by atoms with Gasteiger partial charge < -0.3 is 8.22 Å². The van der Waals surface area contributed by atoms with Crippen molar-refractivity contribution in [3.8, 4) is 0 Å². The molecule has 0 unspecified atom stereocenters. The first-order chi connectivity index (χ1) is 9.93. The molecule has 0 radical (unpaired) electrons. The van der Waals surface area contributed by atoms with Crippen molar-refractivity contribution in [1.82, 2.24) is 0 Å². The van der Waals surface area contributed by atoms with Gasteiger partial charge in [0.25, 0.3) is 0 Å². The fourth-order valence-electron chi connectivity index (χ4n) is 2.57. The lowest BCUT2D eigenvalue weighted by atomic mass is 9.81. The van der Waals surface area contributed by atoms with Crippen LogP contribution >= 0.6 is 21.0 Å². The van der Waals surface area contributed by atoms with Crippen LogP contribution in [0.25, 0.3) is 0 Å². The van der Waals surface area contributed by atoms with Crippen molar-refractivity contribution < 1.29 is 9.90 Å². The number of carboxylic acids is 1. The molecular weight excluding hydrogens is 377 g/mol. The molecule has 0 fully saturated rings. The summed E-state index contributed by atoms with van der Waals surface area (Å²) in [5.41, 5.74) is 3.00. The molecule has 0 aliphatic carbocycles. The largest absolute Gasteiger partial charge is 0.481 e. The summed E-state index contributed by atoms with van der Waals surface area (Å²) in [7, 11) is 0. The molecule has 1 aromatic rings.